The van der Waals surface area contributed by atoms with E-state index in [9.17, 15) is 4.79 Å². The van der Waals surface area contributed by atoms with Gasteiger partial charge in [0, 0.05) is 44.3 Å². The summed E-state index contributed by atoms with van der Waals surface area (Å²) in [7, 11) is 1.60. The van der Waals surface area contributed by atoms with Gasteiger partial charge in [0.05, 0.1) is 12.8 Å². The largest absolute Gasteiger partial charge is 0.495 e. The SMILES string of the molecule is COc1cccc(C)c1NC(=O)C[n+]1cccc(-c2ccccc2)c1.[Y]. The van der Waals surface area contributed by atoms with Crippen LogP contribution in [0.1, 0.15) is 5.56 Å². The van der Waals surface area contributed by atoms with Crippen LogP contribution in [0.3, 0.4) is 0 Å². The first-order chi connectivity index (χ1) is 12.2. The van der Waals surface area contributed by atoms with Crippen molar-refractivity contribution in [3.8, 4) is 16.9 Å². The quantitative estimate of drug-likeness (QED) is 0.639. The first kappa shape index (κ1) is 20.3. The van der Waals surface area contributed by atoms with Gasteiger partial charge in [-0.05, 0) is 30.2 Å². The van der Waals surface area contributed by atoms with Gasteiger partial charge in [0.2, 0.25) is 6.54 Å². The molecular formula is C21H21N2O2Y+. The second-order valence-corrected chi connectivity index (χ2v) is 5.83. The second-order valence-electron chi connectivity index (χ2n) is 5.83. The average molecular weight is 422 g/mol. The third kappa shape index (κ3) is 4.99. The maximum absolute atomic E-state index is 12.5. The minimum absolute atomic E-state index is 0. The monoisotopic (exact) mass is 422 g/mol. The van der Waals surface area contributed by atoms with Crippen LogP contribution >= 0.6 is 0 Å². The van der Waals surface area contributed by atoms with Crippen molar-refractivity contribution in [1.29, 1.82) is 0 Å². The molecule has 26 heavy (non-hydrogen) atoms. The number of rotatable bonds is 5. The Kier molecular flexibility index (Phi) is 7.49. The van der Waals surface area contributed by atoms with E-state index in [0.29, 0.717) is 5.75 Å². The predicted molar refractivity (Wildman–Crippen MR) is 98.4 cm³/mol. The van der Waals surface area contributed by atoms with Crippen LogP contribution in [0.5, 0.6) is 5.75 Å². The predicted octanol–water partition coefficient (Wildman–Crippen LogP) is 3.59. The topological polar surface area (TPSA) is 42.2 Å². The molecule has 0 spiro atoms. The van der Waals surface area contributed by atoms with Gasteiger partial charge in [-0.3, -0.25) is 4.79 Å². The van der Waals surface area contributed by atoms with Crippen LogP contribution in [-0.2, 0) is 44.0 Å². The maximum Gasteiger partial charge on any atom is 0.290 e. The van der Waals surface area contributed by atoms with Crippen molar-refractivity contribution in [2.24, 2.45) is 0 Å². The number of nitrogens with one attached hydrogen (secondary N) is 1. The molecule has 129 valence electrons. The average Bonchev–Trinajstić information content (AvgIpc) is 2.64. The van der Waals surface area contributed by atoms with Crippen molar-refractivity contribution >= 4 is 11.6 Å². The fourth-order valence-electron chi connectivity index (χ4n) is 2.74. The fraction of sp³-hybridized carbons (Fsp3) is 0.143. The van der Waals surface area contributed by atoms with Crippen LogP contribution in [0.2, 0.25) is 0 Å². The molecule has 0 aliphatic rings. The number of amides is 1. The number of pyridine rings is 1. The number of hydrogen-bond acceptors (Lipinski definition) is 2. The zero-order valence-electron chi connectivity index (χ0n) is 15.0. The van der Waals surface area contributed by atoms with Gasteiger partial charge in [-0.15, -0.1) is 0 Å². The summed E-state index contributed by atoms with van der Waals surface area (Å²) in [5.74, 6) is 0.569. The standard InChI is InChI=1S/C21H20N2O2.Y/c1-16-8-6-12-19(25-2)21(16)22-20(24)15-23-13-7-11-18(14-23)17-9-4-3-5-10-17;/h3-14H,15H2,1-2H3;/p+1. The molecule has 0 saturated carbocycles. The number of carbonyl (C=O) groups excluding carboxylic acids is 1. The normalized spacial score (nSPS) is 9.92. The Morgan fingerprint density at radius 3 is 2.46 bits per heavy atom. The van der Waals surface area contributed by atoms with Crippen molar-refractivity contribution in [2.75, 3.05) is 12.4 Å². The Hall–Kier alpha value is -2.04. The number of carbonyl (C=O) groups is 1. The molecule has 1 amide bonds. The molecule has 4 nitrogen and oxygen atoms in total. The number of para-hydroxylation sites is 1. The summed E-state index contributed by atoms with van der Waals surface area (Å²) < 4.78 is 7.21. The molecule has 0 unspecified atom stereocenters. The third-order valence-electron chi connectivity index (χ3n) is 4.01. The summed E-state index contributed by atoms with van der Waals surface area (Å²) in [6, 6.07) is 19.8. The van der Waals surface area contributed by atoms with E-state index in [1.54, 1.807) is 7.11 Å². The van der Waals surface area contributed by atoms with Gasteiger partial charge in [0.15, 0.2) is 12.4 Å². The number of nitrogens with zero attached hydrogens (tertiary/aromatic N) is 1. The van der Waals surface area contributed by atoms with E-state index in [1.165, 1.54) is 0 Å². The second kappa shape index (κ2) is 9.60. The molecule has 0 atom stereocenters. The molecule has 0 aliphatic heterocycles. The van der Waals surface area contributed by atoms with Crippen LogP contribution in [0.4, 0.5) is 5.69 Å². The smallest absolute Gasteiger partial charge is 0.290 e. The van der Waals surface area contributed by atoms with E-state index in [-0.39, 0.29) is 45.2 Å². The Labute approximate surface area is 179 Å². The van der Waals surface area contributed by atoms with Crippen molar-refractivity contribution in [1.82, 2.24) is 0 Å². The van der Waals surface area contributed by atoms with Gasteiger partial charge in [-0.1, -0.05) is 42.5 Å². The minimum Gasteiger partial charge on any atom is -0.495 e. The van der Waals surface area contributed by atoms with Crippen LogP contribution in [-0.4, -0.2) is 13.0 Å². The summed E-state index contributed by atoms with van der Waals surface area (Å²) in [6.07, 6.45) is 3.87. The Bertz CT molecular complexity index is 882. The van der Waals surface area contributed by atoms with Gasteiger partial charge in [-0.2, -0.15) is 4.57 Å². The number of methoxy groups -OCH3 is 1. The number of hydrogen-bond donors (Lipinski definition) is 1. The number of benzene rings is 2. The zero-order chi connectivity index (χ0) is 17.6. The van der Waals surface area contributed by atoms with Crippen LogP contribution in [0.15, 0.2) is 73.1 Å². The number of aryl methyl sites for hydroxylation is 1. The Morgan fingerprint density at radius 1 is 1.00 bits per heavy atom. The number of ether oxygens (including phenoxy) is 1. The molecule has 2 aromatic carbocycles. The maximum atomic E-state index is 12.5. The molecule has 1 N–H and O–H groups in total. The molecule has 1 aromatic heterocycles. The molecule has 1 radical (unpaired) electrons. The first-order valence-electron chi connectivity index (χ1n) is 8.15. The molecule has 0 bridgehead atoms. The van der Waals surface area contributed by atoms with E-state index < -0.39 is 0 Å². The van der Waals surface area contributed by atoms with E-state index in [1.807, 2.05) is 72.4 Å². The van der Waals surface area contributed by atoms with E-state index in [0.717, 1.165) is 22.4 Å². The van der Waals surface area contributed by atoms with Crippen molar-refractivity contribution in [3.63, 3.8) is 0 Å². The summed E-state index contributed by atoms with van der Waals surface area (Å²) >= 11 is 0. The summed E-state index contributed by atoms with van der Waals surface area (Å²) in [6.45, 7) is 2.18. The molecule has 0 fully saturated rings. The molecule has 3 rings (SSSR count). The van der Waals surface area contributed by atoms with Gasteiger partial charge in [-0.25, -0.2) is 0 Å². The minimum atomic E-state index is -0.0946. The molecular weight excluding hydrogens is 401 g/mol. The van der Waals surface area contributed by atoms with Crippen LogP contribution < -0.4 is 14.6 Å². The molecule has 5 heteroatoms. The fourth-order valence-corrected chi connectivity index (χ4v) is 2.74. The summed E-state index contributed by atoms with van der Waals surface area (Å²) in [4.78, 5) is 12.5. The summed E-state index contributed by atoms with van der Waals surface area (Å²) in [5.41, 5.74) is 3.88. The Balaban J connectivity index is 0.00000243. The summed E-state index contributed by atoms with van der Waals surface area (Å²) in [5, 5.41) is 2.95. The third-order valence-corrected chi connectivity index (χ3v) is 4.01. The van der Waals surface area contributed by atoms with E-state index in [2.05, 4.69) is 17.4 Å². The van der Waals surface area contributed by atoms with Crippen molar-refractivity contribution in [3.05, 3.63) is 78.6 Å². The molecule has 0 aliphatic carbocycles. The van der Waals surface area contributed by atoms with Gasteiger partial charge in [0.25, 0.3) is 5.91 Å². The molecule has 1 heterocycles. The number of anilines is 1. The van der Waals surface area contributed by atoms with Gasteiger partial charge < -0.3 is 10.1 Å². The first-order valence-corrected chi connectivity index (χ1v) is 8.15. The van der Waals surface area contributed by atoms with E-state index in [4.69, 9.17) is 4.74 Å². The molecule has 0 saturated heterocycles. The van der Waals surface area contributed by atoms with E-state index >= 15 is 0 Å². The van der Waals surface area contributed by atoms with Gasteiger partial charge >= 0.3 is 0 Å². The Morgan fingerprint density at radius 2 is 1.73 bits per heavy atom. The van der Waals surface area contributed by atoms with Crippen molar-refractivity contribution < 1.29 is 46.8 Å². The van der Waals surface area contributed by atoms with Crippen LogP contribution in [0.25, 0.3) is 11.1 Å². The van der Waals surface area contributed by atoms with Crippen LogP contribution in [0, 0.1) is 6.92 Å². The van der Waals surface area contributed by atoms with Gasteiger partial charge in [0.1, 0.15) is 5.75 Å². The number of aromatic nitrogens is 1. The molecule has 3 aromatic rings. The van der Waals surface area contributed by atoms with Crippen molar-refractivity contribution in [2.45, 2.75) is 13.5 Å². The zero-order valence-corrected chi connectivity index (χ0v) is 17.8.